The van der Waals surface area contributed by atoms with Crippen LogP contribution in [-0.4, -0.2) is 15.8 Å². The molecule has 4 rings (SSSR count). The second-order valence-corrected chi connectivity index (χ2v) is 10.4. The quantitative estimate of drug-likeness (QED) is 0.322. The lowest BCUT2D eigenvalue weighted by atomic mass is 9.52. The van der Waals surface area contributed by atoms with Crippen molar-refractivity contribution in [2.45, 2.75) is 76.2 Å². The van der Waals surface area contributed by atoms with Crippen LogP contribution in [0.25, 0.3) is 6.08 Å². The number of hydrogen-bond acceptors (Lipinski definition) is 3. The fraction of sp³-hybridized carbons (Fsp3) is 0.577. The first-order chi connectivity index (χ1) is 14.4. The summed E-state index contributed by atoms with van der Waals surface area (Å²) in [4.78, 5) is 0. The van der Waals surface area contributed by atoms with Crippen LogP contribution >= 0.6 is 22.6 Å². The summed E-state index contributed by atoms with van der Waals surface area (Å²) in [5, 5.41) is 30.4. The van der Waals surface area contributed by atoms with E-state index in [-0.39, 0.29) is 5.41 Å². The van der Waals surface area contributed by atoms with Crippen molar-refractivity contribution in [1.82, 2.24) is 0 Å². The monoisotopic (exact) mass is 515 g/mol. The van der Waals surface area contributed by atoms with Crippen LogP contribution in [0.2, 0.25) is 0 Å². The fourth-order valence-corrected chi connectivity index (χ4v) is 7.30. The average Bonchev–Trinajstić information content (AvgIpc) is 2.98. The summed E-state index contributed by atoms with van der Waals surface area (Å²) < 4.78 is 1.99. The number of unbranched alkanes of at least 4 members (excludes halogenated alkanes) is 3. The van der Waals surface area contributed by atoms with Gasteiger partial charge in [-0.05, 0) is 96.1 Å². The molecule has 0 spiro atoms. The van der Waals surface area contributed by atoms with Crippen molar-refractivity contribution in [1.29, 1.82) is 5.26 Å². The summed E-state index contributed by atoms with van der Waals surface area (Å²) in [6.07, 6.45) is 13.2. The number of phenolic OH excluding ortho intramolecular Hbond substituents is 1. The maximum Gasteiger partial charge on any atom is 0.116 e. The Hall–Kier alpha value is -1.32. The lowest BCUT2D eigenvalue weighted by molar-refractivity contribution is -0.0633. The van der Waals surface area contributed by atoms with E-state index in [1.54, 1.807) is 0 Å². The van der Waals surface area contributed by atoms with E-state index in [2.05, 4.69) is 47.7 Å². The number of aliphatic hydroxyl groups is 1. The molecule has 1 aromatic carbocycles. The Balaban J connectivity index is 1.68. The van der Waals surface area contributed by atoms with E-state index in [9.17, 15) is 10.2 Å². The van der Waals surface area contributed by atoms with Gasteiger partial charge in [0.25, 0.3) is 0 Å². The summed E-state index contributed by atoms with van der Waals surface area (Å²) in [6, 6.07) is 8.11. The highest BCUT2D eigenvalue weighted by Crippen LogP contribution is 2.65. The highest BCUT2D eigenvalue weighted by Gasteiger charge is 2.61. The van der Waals surface area contributed by atoms with Gasteiger partial charge in [-0.15, -0.1) is 0 Å². The molecule has 2 N–H and O–H groups in total. The van der Waals surface area contributed by atoms with Gasteiger partial charge < -0.3 is 10.2 Å². The zero-order chi connectivity index (χ0) is 21.4. The molecule has 30 heavy (non-hydrogen) atoms. The number of fused-ring (bicyclic) bond motifs is 5. The maximum absolute atomic E-state index is 11.6. The SMILES string of the molecule is C[C@]12CC[C@@H]3c4ccc(O)cc4C=C(CCCCCC#N)[C@H]3[C@@H]1CC[C@@]2(O)/C=C/[125I]. The predicted octanol–water partition coefficient (Wildman–Crippen LogP) is 6.85. The van der Waals surface area contributed by atoms with E-state index in [1.165, 1.54) is 16.7 Å². The Kier molecular flexibility index (Phi) is 6.33. The molecule has 5 atom stereocenters. The van der Waals surface area contributed by atoms with Crippen LogP contribution in [0.15, 0.2) is 33.9 Å². The molecule has 160 valence electrons. The third kappa shape index (κ3) is 3.62. The van der Waals surface area contributed by atoms with Gasteiger partial charge in [0.05, 0.1) is 11.7 Å². The normalized spacial score (nSPS) is 34.7. The Morgan fingerprint density at radius 2 is 2.07 bits per heavy atom. The Morgan fingerprint density at radius 3 is 2.83 bits per heavy atom. The molecule has 1 aromatic rings. The minimum absolute atomic E-state index is 0.0931. The van der Waals surface area contributed by atoms with Crippen LogP contribution < -0.4 is 0 Å². The number of allylic oxidation sites excluding steroid dienone is 1. The molecule has 0 aromatic heterocycles. The molecule has 0 amide bonds. The topological polar surface area (TPSA) is 64.2 Å². The lowest BCUT2D eigenvalue weighted by Gasteiger charge is -2.53. The third-order valence-electron chi connectivity index (χ3n) is 8.32. The van der Waals surface area contributed by atoms with Gasteiger partial charge in [0.2, 0.25) is 0 Å². The van der Waals surface area contributed by atoms with Crippen LogP contribution in [0.3, 0.4) is 0 Å². The van der Waals surface area contributed by atoms with E-state index in [1.807, 2.05) is 22.3 Å². The van der Waals surface area contributed by atoms with Gasteiger partial charge in [-0.2, -0.15) is 5.26 Å². The molecule has 3 nitrogen and oxygen atoms in total. The number of benzene rings is 1. The molecular weight excluding hydrogens is 483 g/mol. The third-order valence-corrected chi connectivity index (χ3v) is 8.68. The van der Waals surface area contributed by atoms with Crippen LogP contribution in [0, 0.1) is 28.6 Å². The molecule has 0 radical (unpaired) electrons. The number of nitrogens with zero attached hydrogens (tertiary/aromatic N) is 1. The highest BCUT2D eigenvalue weighted by atomic mass is 125. The van der Waals surface area contributed by atoms with Crippen molar-refractivity contribution >= 4 is 28.7 Å². The zero-order valence-electron chi connectivity index (χ0n) is 17.8. The van der Waals surface area contributed by atoms with Gasteiger partial charge in [-0.1, -0.05) is 53.7 Å². The number of aromatic hydroxyl groups is 1. The number of rotatable bonds is 6. The van der Waals surface area contributed by atoms with Crippen LogP contribution in [0.4, 0.5) is 0 Å². The number of phenols is 1. The largest absolute Gasteiger partial charge is 0.508 e. The van der Waals surface area contributed by atoms with E-state index < -0.39 is 5.60 Å². The minimum Gasteiger partial charge on any atom is -0.508 e. The molecule has 0 unspecified atom stereocenters. The van der Waals surface area contributed by atoms with Gasteiger partial charge in [-0.25, -0.2) is 0 Å². The predicted molar refractivity (Wildman–Crippen MR) is 129 cm³/mol. The van der Waals surface area contributed by atoms with Gasteiger partial charge in [-0.3, -0.25) is 0 Å². The second kappa shape index (κ2) is 8.67. The van der Waals surface area contributed by atoms with Gasteiger partial charge in [0.15, 0.2) is 0 Å². The van der Waals surface area contributed by atoms with E-state index in [4.69, 9.17) is 5.26 Å². The molecule has 3 aliphatic carbocycles. The first kappa shape index (κ1) is 21.9. The van der Waals surface area contributed by atoms with E-state index in [0.717, 1.165) is 51.4 Å². The van der Waals surface area contributed by atoms with Crippen molar-refractivity contribution in [3.8, 4) is 11.8 Å². The molecular formula is C26H32INO2. The number of halogens is 1. The van der Waals surface area contributed by atoms with Crippen molar-refractivity contribution in [3.63, 3.8) is 0 Å². The number of hydrogen-bond donors (Lipinski definition) is 2. The Morgan fingerprint density at radius 1 is 1.23 bits per heavy atom. The van der Waals surface area contributed by atoms with Crippen molar-refractivity contribution in [2.24, 2.45) is 17.3 Å². The van der Waals surface area contributed by atoms with E-state index in [0.29, 0.717) is 29.9 Å². The lowest BCUT2D eigenvalue weighted by Crippen LogP contribution is -2.49. The van der Waals surface area contributed by atoms with E-state index >= 15 is 0 Å². The highest BCUT2D eigenvalue weighted by molar-refractivity contribution is 14.1. The summed E-state index contributed by atoms with van der Waals surface area (Å²) in [5.74, 6) is 1.75. The molecule has 2 fully saturated rings. The molecule has 0 bridgehead atoms. The second-order valence-electron chi connectivity index (χ2n) is 9.70. The average molecular weight is 515 g/mol. The molecule has 0 heterocycles. The van der Waals surface area contributed by atoms with Crippen LogP contribution in [0.1, 0.15) is 81.8 Å². The van der Waals surface area contributed by atoms with Crippen LogP contribution in [-0.2, 0) is 0 Å². The van der Waals surface area contributed by atoms with Gasteiger partial charge in [0, 0.05) is 11.8 Å². The molecule has 3 aliphatic rings. The summed E-state index contributed by atoms with van der Waals surface area (Å²) in [7, 11) is 0. The summed E-state index contributed by atoms with van der Waals surface area (Å²) in [6.45, 7) is 2.31. The van der Waals surface area contributed by atoms with Crippen molar-refractivity contribution in [3.05, 3.63) is 45.1 Å². The Bertz CT molecular complexity index is 901. The standard InChI is InChI=1S/C26H32INO2/c1-25-11-9-22-21-8-7-20(29)17-19(21)16-18(6-4-2-3-5-15-28)24(22)23(25)10-12-26(25,30)13-14-27/h7-8,13-14,16-17,22-24,29-30H,2-6,9-12H2,1H3/b14-13+/t22-,23+,24-,25+,26-/m1/s1/i27-2. The van der Waals surface area contributed by atoms with Crippen molar-refractivity contribution < 1.29 is 10.2 Å². The molecule has 2 saturated carbocycles. The summed E-state index contributed by atoms with van der Waals surface area (Å²) >= 11 is 2.23. The molecule has 0 saturated heterocycles. The molecule has 4 heteroatoms. The first-order valence-corrected chi connectivity index (χ1v) is 12.6. The molecule has 0 aliphatic heterocycles. The first-order valence-electron chi connectivity index (χ1n) is 11.3. The van der Waals surface area contributed by atoms with Gasteiger partial charge >= 0.3 is 0 Å². The maximum atomic E-state index is 11.6. The van der Waals surface area contributed by atoms with Crippen molar-refractivity contribution in [2.75, 3.05) is 0 Å². The van der Waals surface area contributed by atoms with Gasteiger partial charge in [0.1, 0.15) is 5.75 Å². The smallest absolute Gasteiger partial charge is 0.116 e. The zero-order valence-corrected chi connectivity index (χ0v) is 19.9. The van der Waals surface area contributed by atoms with Crippen LogP contribution in [0.5, 0.6) is 5.75 Å². The Labute approximate surface area is 194 Å². The number of nitriles is 1. The summed E-state index contributed by atoms with van der Waals surface area (Å²) in [5.41, 5.74) is 3.23. The minimum atomic E-state index is -0.711. The fourth-order valence-electron chi connectivity index (χ4n) is 6.71.